The Hall–Kier alpha value is -2.94. The van der Waals surface area contributed by atoms with E-state index in [1.54, 1.807) is 0 Å². The first-order chi connectivity index (χ1) is 13.1. The minimum absolute atomic E-state index is 0.0195. The van der Waals surface area contributed by atoms with Crippen LogP contribution in [-0.2, 0) is 13.2 Å². The largest absolute Gasteiger partial charge is 0.435 e. The van der Waals surface area contributed by atoms with Gasteiger partial charge < -0.3 is 5.32 Å². The Balaban J connectivity index is 2.02. The van der Waals surface area contributed by atoms with Gasteiger partial charge in [-0.15, -0.1) is 0 Å². The number of nitrogens with one attached hydrogen (secondary N) is 1. The fraction of sp³-hybridized carbons (Fsp3) is 0.111. The van der Waals surface area contributed by atoms with E-state index in [-0.39, 0.29) is 21.8 Å². The lowest BCUT2D eigenvalue weighted by molar-refractivity contribution is -0.141. The Morgan fingerprint density at radius 2 is 1.86 bits per heavy atom. The summed E-state index contributed by atoms with van der Waals surface area (Å²) in [5.74, 6) is -2.44. The van der Waals surface area contributed by atoms with E-state index in [2.05, 4.69) is 10.4 Å². The van der Waals surface area contributed by atoms with Crippen LogP contribution in [0.3, 0.4) is 0 Å². The molecule has 1 heterocycles. The van der Waals surface area contributed by atoms with Crippen LogP contribution < -0.4 is 5.32 Å². The second-order valence-corrected chi connectivity index (χ2v) is 6.24. The van der Waals surface area contributed by atoms with Crippen molar-refractivity contribution < 1.29 is 26.7 Å². The highest BCUT2D eigenvalue weighted by molar-refractivity contribution is 6.31. The van der Waals surface area contributed by atoms with Gasteiger partial charge >= 0.3 is 6.18 Å². The van der Waals surface area contributed by atoms with Gasteiger partial charge in [0.2, 0.25) is 0 Å². The summed E-state index contributed by atoms with van der Waals surface area (Å²) in [4.78, 5) is 12.4. The van der Waals surface area contributed by atoms with Crippen molar-refractivity contribution in [1.82, 2.24) is 9.78 Å². The maximum absolute atomic E-state index is 13.7. The van der Waals surface area contributed by atoms with E-state index in [0.717, 1.165) is 29.1 Å². The van der Waals surface area contributed by atoms with Crippen LogP contribution in [-0.4, -0.2) is 15.7 Å². The van der Waals surface area contributed by atoms with Crippen LogP contribution in [0.15, 0.2) is 42.6 Å². The molecule has 3 aromatic rings. The van der Waals surface area contributed by atoms with Crippen LogP contribution in [0.5, 0.6) is 0 Å². The molecule has 0 fully saturated rings. The highest BCUT2D eigenvalue weighted by atomic mass is 35.5. The van der Waals surface area contributed by atoms with Gasteiger partial charge in [0, 0.05) is 24.5 Å². The van der Waals surface area contributed by atoms with Crippen molar-refractivity contribution in [1.29, 1.82) is 0 Å². The summed E-state index contributed by atoms with van der Waals surface area (Å²) in [7, 11) is 1.25. The second-order valence-electron chi connectivity index (χ2n) is 5.84. The summed E-state index contributed by atoms with van der Waals surface area (Å²) in [6.07, 6.45) is -3.90. The van der Waals surface area contributed by atoms with Crippen molar-refractivity contribution in [2.24, 2.45) is 7.05 Å². The van der Waals surface area contributed by atoms with E-state index in [4.69, 9.17) is 11.6 Å². The molecule has 2 aromatic carbocycles. The molecular formula is C18H11ClF5N3O. The Labute approximate surface area is 160 Å². The van der Waals surface area contributed by atoms with Gasteiger partial charge in [0.15, 0.2) is 5.69 Å². The van der Waals surface area contributed by atoms with Crippen molar-refractivity contribution in [2.45, 2.75) is 6.18 Å². The van der Waals surface area contributed by atoms with Gasteiger partial charge in [0.05, 0.1) is 10.6 Å². The molecule has 10 heteroatoms. The number of hydrogen-bond acceptors (Lipinski definition) is 2. The molecule has 0 spiro atoms. The van der Waals surface area contributed by atoms with Gasteiger partial charge in [-0.25, -0.2) is 8.78 Å². The van der Waals surface area contributed by atoms with Gasteiger partial charge in [-0.2, -0.15) is 18.3 Å². The molecule has 1 aromatic heterocycles. The molecule has 0 radical (unpaired) electrons. The topological polar surface area (TPSA) is 46.9 Å². The van der Waals surface area contributed by atoms with Crippen LogP contribution in [0.25, 0.3) is 11.1 Å². The van der Waals surface area contributed by atoms with E-state index >= 15 is 0 Å². The lowest BCUT2D eigenvalue weighted by atomic mass is 10.0. The molecule has 1 N–H and O–H groups in total. The summed E-state index contributed by atoms with van der Waals surface area (Å²) in [6.45, 7) is 0. The minimum atomic E-state index is -4.83. The molecule has 4 nitrogen and oxygen atoms in total. The molecule has 1 amide bonds. The van der Waals surface area contributed by atoms with Crippen molar-refractivity contribution >= 4 is 23.2 Å². The zero-order valence-electron chi connectivity index (χ0n) is 14.1. The number of alkyl halides is 3. The van der Waals surface area contributed by atoms with Crippen LogP contribution in [0.1, 0.15) is 16.1 Å². The van der Waals surface area contributed by atoms with E-state index < -0.39 is 35.0 Å². The van der Waals surface area contributed by atoms with E-state index in [0.29, 0.717) is 0 Å². The van der Waals surface area contributed by atoms with E-state index in [1.807, 2.05) is 0 Å². The number of rotatable bonds is 3. The average molecular weight is 416 g/mol. The highest BCUT2D eigenvalue weighted by Crippen LogP contribution is 2.34. The summed E-state index contributed by atoms with van der Waals surface area (Å²) in [5.41, 5.74) is -1.63. The number of benzene rings is 2. The summed E-state index contributed by atoms with van der Waals surface area (Å²) >= 11 is 5.74. The predicted octanol–water partition coefficient (Wildman–Crippen LogP) is 5.29. The summed E-state index contributed by atoms with van der Waals surface area (Å²) in [6, 6.07) is 6.83. The van der Waals surface area contributed by atoms with E-state index in [9.17, 15) is 26.7 Å². The normalized spacial score (nSPS) is 11.5. The minimum Gasteiger partial charge on any atom is -0.321 e. The molecular weight excluding hydrogens is 405 g/mol. The lowest BCUT2D eigenvalue weighted by Gasteiger charge is -2.13. The van der Waals surface area contributed by atoms with Crippen LogP contribution >= 0.6 is 11.6 Å². The van der Waals surface area contributed by atoms with Crippen LogP contribution in [0.4, 0.5) is 27.6 Å². The fourth-order valence-electron chi connectivity index (χ4n) is 2.58. The third-order valence-electron chi connectivity index (χ3n) is 3.80. The Kier molecular flexibility index (Phi) is 5.12. The van der Waals surface area contributed by atoms with Gasteiger partial charge in [-0.3, -0.25) is 9.48 Å². The molecule has 0 aliphatic heterocycles. The quantitative estimate of drug-likeness (QED) is 0.591. The molecule has 0 saturated heterocycles. The fourth-order valence-corrected chi connectivity index (χ4v) is 2.76. The second kappa shape index (κ2) is 7.23. The van der Waals surface area contributed by atoms with Gasteiger partial charge in [0.25, 0.3) is 5.91 Å². The Bertz CT molecular complexity index is 1060. The molecule has 146 valence electrons. The zero-order valence-corrected chi connectivity index (χ0v) is 14.9. The van der Waals surface area contributed by atoms with Gasteiger partial charge in [-0.1, -0.05) is 17.7 Å². The maximum Gasteiger partial charge on any atom is 0.435 e. The summed E-state index contributed by atoms with van der Waals surface area (Å²) in [5, 5.41) is 5.36. The smallest absolute Gasteiger partial charge is 0.321 e. The number of anilines is 1. The third-order valence-corrected chi connectivity index (χ3v) is 4.09. The number of halogens is 6. The monoisotopic (exact) mass is 415 g/mol. The van der Waals surface area contributed by atoms with Crippen molar-refractivity contribution in [3.63, 3.8) is 0 Å². The lowest BCUT2D eigenvalue weighted by Crippen LogP contribution is -2.18. The molecule has 3 rings (SSSR count). The first-order valence-corrected chi connectivity index (χ1v) is 8.11. The molecule has 0 unspecified atom stereocenters. The average Bonchev–Trinajstić information content (AvgIpc) is 3.01. The molecule has 0 atom stereocenters. The third kappa shape index (κ3) is 3.99. The highest BCUT2D eigenvalue weighted by Gasteiger charge is 2.39. The molecule has 0 aliphatic rings. The van der Waals surface area contributed by atoms with Crippen molar-refractivity contribution in [2.75, 3.05) is 5.32 Å². The molecule has 0 aliphatic carbocycles. The van der Waals surface area contributed by atoms with Crippen molar-refractivity contribution in [3.8, 4) is 11.1 Å². The first kappa shape index (κ1) is 19.8. The van der Waals surface area contributed by atoms with Gasteiger partial charge in [-0.05, 0) is 35.9 Å². The molecule has 28 heavy (non-hydrogen) atoms. The maximum atomic E-state index is 13.7. The van der Waals surface area contributed by atoms with Crippen LogP contribution in [0, 0.1) is 11.6 Å². The molecule has 0 bridgehead atoms. The summed E-state index contributed by atoms with van der Waals surface area (Å²) < 4.78 is 67.2. The predicted molar refractivity (Wildman–Crippen MR) is 93.0 cm³/mol. The number of amides is 1. The SMILES string of the molecule is Cn1cc(C(=O)Nc2ccc(F)cc2-c2ccc(F)c(Cl)c2)c(C(F)(F)F)n1. The zero-order chi connectivity index (χ0) is 20.6. The first-order valence-electron chi connectivity index (χ1n) is 7.73. The van der Waals surface area contributed by atoms with Gasteiger partial charge in [0.1, 0.15) is 11.6 Å². The van der Waals surface area contributed by atoms with Crippen LogP contribution in [0.2, 0.25) is 5.02 Å². The Morgan fingerprint density at radius 3 is 2.50 bits per heavy atom. The van der Waals surface area contributed by atoms with E-state index in [1.165, 1.54) is 25.2 Å². The van der Waals surface area contributed by atoms with Crippen molar-refractivity contribution in [3.05, 3.63) is 70.5 Å². The number of hydrogen-bond donors (Lipinski definition) is 1. The number of carbonyl (C=O) groups is 1. The number of nitrogens with zero attached hydrogens (tertiary/aromatic N) is 2. The number of aryl methyl sites for hydroxylation is 1. The standard InChI is InChI=1S/C18H11ClF5N3O/c1-27-8-12(16(26-27)18(22,23)24)17(28)25-15-5-3-10(20)7-11(15)9-2-4-14(21)13(19)6-9/h2-8H,1H3,(H,25,28). The Morgan fingerprint density at radius 1 is 1.14 bits per heavy atom. The molecule has 0 saturated carbocycles. The number of carbonyl (C=O) groups excluding carboxylic acids is 1. The number of aromatic nitrogens is 2.